The Morgan fingerprint density at radius 2 is 1.81 bits per heavy atom. The normalized spacial score (nSPS) is 14.2. The largest absolute Gasteiger partial charge is 0.482 e. The highest BCUT2D eigenvalue weighted by atomic mass is 35.5. The van der Waals surface area contributed by atoms with Crippen molar-refractivity contribution < 1.29 is 9.53 Å². The van der Waals surface area contributed by atoms with Crippen LogP contribution in [0.4, 0.5) is 11.4 Å². The summed E-state index contributed by atoms with van der Waals surface area (Å²) in [6.45, 7) is 1.71. The molecule has 1 fully saturated rings. The van der Waals surface area contributed by atoms with E-state index in [1.54, 1.807) is 18.2 Å². The number of hydrogen-bond acceptors (Lipinski definition) is 3. The minimum absolute atomic E-state index is 0.159. The third kappa shape index (κ3) is 4.76. The Morgan fingerprint density at radius 1 is 1.04 bits per heavy atom. The number of rotatable bonds is 5. The van der Waals surface area contributed by atoms with Crippen LogP contribution in [-0.4, -0.2) is 25.6 Å². The van der Waals surface area contributed by atoms with Gasteiger partial charge in [-0.1, -0.05) is 40.9 Å². The molecule has 0 aliphatic carbocycles. The van der Waals surface area contributed by atoms with Crippen molar-refractivity contribution in [3.05, 3.63) is 51.5 Å². The quantitative estimate of drug-likeness (QED) is 0.688. The predicted octanol–water partition coefficient (Wildman–Crippen LogP) is 5.65. The van der Waals surface area contributed by atoms with Gasteiger partial charge in [0.25, 0.3) is 5.91 Å². The van der Waals surface area contributed by atoms with Gasteiger partial charge in [0.15, 0.2) is 6.61 Å². The molecule has 26 heavy (non-hydrogen) atoms. The van der Waals surface area contributed by atoms with Crippen molar-refractivity contribution in [2.45, 2.75) is 19.3 Å². The second-order valence-electron chi connectivity index (χ2n) is 6.10. The molecule has 2 aromatic carbocycles. The predicted molar refractivity (Wildman–Crippen MR) is 108 cm³/mol. The Morgan fingerprint density at radius 3 is 2.54 bits per heavy atom. The molecule has 0 aromatic heterocycles. The minimum atomic E-state index is -0.281. The van der Waals surface area contributed by atoms with Crippen LogP contribution in [0.1, 0.15) is 19.3 Å². The Labute approximate surface area is 168 Å². The molecule has 1 aliphatic heterocycles. The lowest BCUT2D eigenvalue weighted by molar-refractivity contribution is -0.118. The van der Waals surface area contributed by atoms with E-state index in [9.17, 15) is 4.79 Å². The number of ether oxygens (including phenoxy) is 1. The summed E-state index contributed by atoms with van der Waals surface area (Å²) < 4.78 is 5.49. The van der Waals surface area contributed by atoms with E-state index in [-0.39, 0.29) is 12.5 Å². The number of anilines is 2. The number of nitrogens with zero attached hydrogens (tertiary/aromatic N) is 1. The number of nitrogens with one attached hydrogen (secondary N) is 1. The van der Waals surface area contributed by atoms with Crippen LogP contribution < -0.4 is 15.0 Å². The van der Waals surface area contributed by atoms with Crippen LogP contribution >= 0.6 is 34.8 Å². The van der Waals surface area contributed by atoms with Gasteiger partial charge in [0.05, 0.1) is 21.4 Å². The van der Waals surface area contributed by atoms with E-state index in [2.05, 4.69) is 10.2 Å². The highest BCUT2D eigenvalue weighted by Gasteiger charge is 2.19. The first kappa shape index (κ1) is 19.2. The molecule has 1 aliphatic rings. The van der Waals surface area contributed by atoms with E-state index >= 15 is 0 Å². The summed E-state index contributed by atoms with van der Waals surface area (Å²) in [5.74, 6) is 0.130. The molecule has 1 saturated heterocycles. The van der Waals surface area contributed by atoms with Crippen molar-refractivity contribution in [1.82, 2.24) is 0 Å². The Kier molecular flexibility index (Phi) is 6.52. The summed E-state index contributed by atoms with van der Waals surface area (Å²) in [7, 11) is 0. The van der Waals surface area contributed by atoms with Crippen LogP contribution in [0.5, 0.6) is 5.75 Å². The molecule has 138 valence electrons. The van der Waals surface area contributed by atoms with Crippen LogP contribution in [0.2, 0.25) is 15.1 Å². The van der Waals surface area contributed by atoms with Crippen LogP contribution in [0.25, 0.3) is 0 Å². The van der Waals surface area contributed by atoms with Gasteiger partial charge in [0.1, 0.15) is 5.75 Å². The molecule has 3 rings (SSSR count). The Bertz CT molecular complexity index is 792. The third-order valence-electron chi connectivity index (χ3n) is 4.19. The van der Waals surface area contributed by atoms with E-state index in [0.717, 1.165) is 31.6 Å². The molecule has 7 heteroatoms. The molecule has 1 amide bonds. The maximum atomic E-state index is 12.3. The van der Waals surface area contributed by atoms with Gasteiger partial charge in [-0.3, -0.25) is 4.79 Å². The number of carbonyl (C=O) groups excluding carboxylic acids is 1. The van der Waals surface area contributed by atoms with Crippen molar-refractivity contribution in [2.24, 2.45) is 0 Å². The number of hydrogen-bond donors (Lipinski definition) is 1. The van der Waals surface area contributed by atoms with Gasteiger partial charge in [0, 0.05) is 18.1 Å². The number of halogens is 3. The molecular weight excluding hydrogens is 395 g/mol. The van der Waals surface area contributed by atoms with Crippen LogP contribution in [0, 0.1) is 0 Å². The zero-order chi connectivity index (χ0) is 18.5. The lowest BCUT2D eigenvalue weighted by Gasteiger charge is -2.31. The second-order valence-corrected chi connectivity index (χ2v) is 7.35. The van der Waals surface area contributed by atoms with Crippen molar-refractivity contribution in [3.8, 4) is 5.75 Å². The van der Waals surface area contributed by atoms with Gasteiger partial charge in [-0.2, -0.15) is 0 Å². The number of piperidine rings is 1. The fourth-order valence-corrected chi connectivity index (χ4v) is 3.73. The summed E-state index contributed by atoms with van der Waals surface area (Å²) in [6, 6.07) is 10.4. The zero-order valence-electron chi connectivity index (χ0n) is 14.1. The molecule has 1 N–H and O–H groups in total. The van der Waals surface area contributed by atoms with Crippen molar-refractivity contribution in [3.63, 3.8) is 0 Å². The van der Waals surface area contributed by atoms with Crippen LogP contribution in [0.15, 0.2) is 36.4 Å². The highest BCUT2D eigenvalue weighted by Crippen LogP contribution is 2.35. The van der Waals surface area contributed by atoms with Crippen molar-refractivity contribution in [1.29, 1.82) is 0 Å². The Hall–Kier alpha value is -1.62. The van der Waals surface area contributed by atoms with Gasteiger partial charge in [-0.05, 0) is 49.6 Å². The number of amides is 1. The molecule has 2 aromatic rings. The summed E-state index contributed by atoms with van der Waals surface area (Å²) >= 11 is 18.3. The number of para-hydroxylation sites is 1. The SMILES string of the molecule is O=C(COc1ccc(Cl)cc1Cl)Nc1cccc(Cl)c1N1CCCCC1. The summed E-state index contributed by atoms with van der Waals surface area (Å²) in [6.07, 6.45) is 3.46. The van der Waals surface area contributed by atoms with Gasteiger partial charge < -0.3 is 15.0 Å². The summed E-state index contributed by atoms with van der Waals surface area (Å²) in [4.78, 5) is 14.6. The van der Waals surface area contributed by atoms with Gasteiger partial charge in [-0.15, -0.1) is 0 Å². The molecule has 0 unspecified atom stereocenters. The third-order valence-corrected chi connectivity index (χ3v) is 5.02. The first-order valence-corrected chi connectivity index (χ1v) is 9.59. The molecule has 0 saturated carbocycles. The lowest BCUT2D eigenvalue weighted by Crippen LogP contribution is -2.31. The fourth-order valence-electron chi connectivity index (χ4n) is 2.98. The lowest BCUT2D eigenvalue weighted by atomic mass is 10.1. The smallest absolute Gasteiger partial charge is 0.262 e. The summed E-state index contributed by atoms with van der Waals surface area (Å²) in [5, 5.41) is 4.40. The van der Waals surface area contributed by atoms with E-state index in [0.29, 0.717) is 26.5 Å². The molecule has 0 radical (unpaired) electrons. The van der Waals surface area contributed by atoms with Crippen LogP contribution in [-0.2, 0) is 4.79 Å². The van der Waals surface area contributed by atoms with E-state index < -0.39 is 0 Å². The topological polar surface area (TPSA) is 41.6 Å². The Balaban J connectivity index is 1.68. The highest BCUT2D eigenvalue weighted by molar-refractivity contribution is 6.35. The molecule has 0 atom stereocenters. The minimum Gasteiger partial charge on any atom is -0.482 e. The van der Waals surface area contributed by atoms with E-state index in [1.165, 1.54) is 6.42 Å². The molecular formula is C19H19Cl3N2O2. The van der Waals surface area contributed by atoms with Gasteiger partial charge in [-0.25, -0.2) is 0 Å². The molecule has 4 nitrogen and oxygen atoms in total. The number of carbonyl (C=O) groups is 1. The van der Waals surface area contributed by atoms with Crippen molar-refractivity contribution in [2.75, 3.05) is 29.9 Å². The maximum Gasteiger partial charge on any atom is 0.262 e. The average molecular weight is 414 g/mol. The molecule has 0 bridgehead atoms. The van der Waals surface area contributed by atoms with Crippen LogP contribution in [0.3, 0.4) is 0 Å². The summed E-state index contributed by atoms with van der Waals surface area (Å²) in [5.41, 5.74) is 1.56. The second kappa shape index (κ2) is 8.85. The fraction of sp³-hybridized carbons (Fsp3) is 0.316. The van der Waals surface area contributed by atoms with E-state index in [1.807, 2.05) is 18.2 Å². The van der Waals surface area contributed by atoms with Gasteiger partial charge in [0.2, 0.25) is 0 Å². The zero-order valence-corrected chi connectivity index (χ0v) is 16.4. The first-order chi connectivity index (χ1) is 12.5. The molecule has 0 spiro atoms. The molecule has 1 heterocycles. The average Bonchev–Trinajstić information content (AvgIpc) is 2.62. The van der Waals surface area contributed by atoms with Crippen molar-refractivity contribution >= 4 is 52.1 Å². The van der Waals surface area contributed by atoms with E-state index in [4.69, 9.17) is 39.5 Å². The van der Waals surface area contributed by atoms with Gasteiger partial charge >= 0.3 is 0 Å². The first-order valence-electron chi connectivity index (χ1n) is 8.46. The maximum absolute atomic E-state index is 12.3. The monoisotopic (exact) mass is 412 g/mol. The standard InChI is InChI=1S/C19H19Cl3N2O2/c20-13-7-8-17(15(22)11-13)26-12-18(25)23-16-6-4-5-14(21)19(16)24-9-2-1-3-10-24/h4-8,11H,1-3,9-10,12H2,(H,23,25). The number of benzene rings is 2.